The Balaban J connectivity index is 2.57. The molecule has 0 heterocycles. The van der Waals surface area contributed by atoms with Crippen molar-refractivity contribution in [2.75, 3.05) is 7.11 Å². The normalized spacial score (nSPS) is 17.2. The Hall–Kier alpha value is -1.56. The maximum atomic E-state index is 13.5. The number of benzene rings is 1. The summed E-state index contributed by atoms with van der Waals surface area (Å²) < 4.78 is 18.6. The predicted octanol–water partition coefficient (Wildman–Crippen LogP) is 2.39. The highest BCUT2D eigenvalue weighted by molar-refractivity contribution is 5.48. The van der Waals surface area contributed by atoms with Gasteiger partial charge in [0, 0.05) is 0 Å². The van der Waals surface area contributed by atoms with E-state index in [-0.39, 0.29) is 5.82 Å². The van der Waals surface area contributed by atoms with Gasteiger partial charge in [0.2, 0.25) is 0 Å². The van der Waals surface area contributed by atoms with Crippen LogP contribution < -0.4 is 4.74 Å². The quantitative estimate of drug-likeness (QED) is 0.719. The van der Waals surface area contributed by atoms with Gasteiger partial charge in [-0.25, -0.2) is 4.39 Å². The largest absolute Gasteiger partial charge is 0.496 e. The third kappa shape index (κ3) is 1.15. The molecule has 0 unspecified atom stereocenters. The number of hydrogen-bond acceptors (Lipinski definition) is 2. The molecule has 1 saturated carbocycles. The van der Waals surface area contributed by atoms with E-state index in [9.17, 15) is 4.39 Å². The van der Waals surface area contributed by atoms with Gasteiger partial charge >= 0.3 is 0 Å². The Morgan fingerprint density at radius 2 is 2.21 bits per heavy atom. The summed E-state index contributed by atoms with van der Waals surface area (Å²) in [7, 11) is 1.49. The van der Waals surface area contributed by atoms with E-state index in [1.165, 1.54) is 13.2 Å². The number of halogens is 1. The van der Waals surface area contributed by atoms with Crippen LogP contribution in [0.15, 0.2) is 18.2 Å². The van der Waals surface area contributed by atoms with Crippen LogP contribution in [0.5, 0.6) is 5.75 Å². The van der Waals surface area contributed by atoms with E-state index in [1.807, 2.05) is 0 Å². The first-order valence-corrected chi connectivity index (χ1v) is 4.48. The van der Waals surface area contributed by atoms with E-state index in [2.05, 4.69) is 6.07 Å². The molecule has 0 atom stereocenters. The van der Waals surface area contributed by atoms with Crippen LogP contribution >= 0.6 is 0 Å². The van der Waals surface area contributed by atoms with E-state index in [0.29, 0.717) is 11.3 Å². The van der Waals surface area contributed by atoms with Crippen LogP contribution in [0, 0.1) is 17.1 Å². The predicted molar refractivity (Wildman–Crippen MR) is 49.5 cm³/mol. The van der Waals surface area contributed by atoms with E-state index in [4.69, 9.17) is 10.00 Å². The van der Waals surface area contributed by atoms with Gasteiger partial charge in [0.25, 0.3) is 0 Å². The van der Waals surface area contributed by atoms with Crippen molar-refractivity contribution in [1.82, 2.24) is 0 Å². The van der Waals surface area contributed by atoms with Crippen LogP contribution in [0.1, 0.15) is 18.4 Å². The van der Waals surface area contributed by atoms with Crippen molar-refractivity contribution in [1.29, 1.82) is 5.26 Å². The lowest BCUT2D eigenvalue weighted by Gasteiger charge is -2.12. The van der Waals surface area contributed by atoms with Crippen LogP contribution in [0.2, 0.25) is 0 Å². The van der Waals surface area contributed by atoms with Crippen LogP contribution in [0.4, 0.5) is 4.39 Å². The monoisotopic (exact) mass is 191 g/mol. The van der Waals surface area contributed by atoms with Crippen LogP contribution in [0.3, 0.4) is 0 Å². The van der Waals surface area contributed by atoms with Gasteiger partial charge in [0.05, 0.1) is 24.2 Å². The molecule has 0 saturated heterocycles. The van der Waals surface area contributed by atoms with Crippen molar-refractivity contribution in [2.24, 2.45) is 0 Å². The molecule has 2 nitrogen and oxygen atoms in total. The lowest BCUT2D eigenvalue weighted by molar-refractivity contribution is 0.401. The summed E-state index contributed by atoms with van der Waals surface area (Å²) in [5, 5.41) is 8.98. The maximum absolute atomic E-state index is 13.5. The summed E-state index contributed by atoms with van der Waals surface area (Å²) in [4.78, 5) is 0. The van der Waals surface area contributed by atoms with Gasteiger partial charge in [0.1, 0.15) is 11.6 Å². The maximum Gasteiger partial charge on any atom is 0.131 e. The number of hydrogen-bond donors (Lipinski definition) is 0. The summed E-state index contributed by atoms with van der Waals surface area (Å²) in [6.07, 6.45) is 1.45. The molecule has 0 N–H and O–H groups in total. The molecule has 2 rings (SSSR count). The third-order valence-electron chi connectivity index (χ3n) is 2.64. The van der Waals surface area contributed by atoms with Crippen molar-refractivity contribution in [3.63, 3.8) is 0 Å². The van der Waals surface area contributed by atoms with Gasteiger partial charge in [-0.2, -0.15) is 5.26 Å². The molecule has 14 heavy (non-hydrogen) atoms. The van der Waals surface area contributed by atoms with Crippen molar-refractivity contribution >= 4 is 0 Å². The van der Waals surface area contributed by atoms with Crippen molar-refractivity contribution in [3.05, 3.63) is 29.6 Å². The fourth-order valence-corrected chi connectivity index (χ4v) is 1.68. The average molecular weight is 191 g/mol. The van der Waals surface area contributed by atoms with Crippen LogP contribution in [-0.2, 0) is 5.41 Å². The summed E-state index contributed by atoms with van der Waals surface area (Å²) in [5.41, 5.74) is -0.207. The zero-order valence-electron chi connectivity index (χ0n) is 7.88. The molecule has 1 aliphatic rings. The van der Waals surface area contributed by atoms with Gasteiger partial charge in [-0.3, -0.25) is 0 Å². The molecule has 1 aromatic carbocycles. The number of nitrogens with zero attached hydrogens (tertiary/aromatic N) is 1. The molecular formula is C11H10FNO. The first-order chi connectivity index (χ1) is 6.73. The smallest absolute Gasteiger partial charge is 0.131 e. The number of nitriles is 1. The fourth-order valence-electron chi connectivity index (χ4n) is 1.68. The minimum Gasteiger partial charge on any atom is -0.496 e. The number of rotatable bonds is 2. The molecule has 0 spiro atoms. The molecule has 72 valence electrons. The molecule has 0 aliphatic heterocycles. The summed E-state index contributed by atoms with van der Waals surface area (Å²) in [6.45, 7) is 0. The Morgan fingerprint density at radius 3 is 2.71 bits per heavy atom. The molecule has 0 radical (unpaired) electrons. The Morgan fingerprint density at radius 1 is 1.50 bits per heavy atom. The summed E-state index contributed by atoms with van der Waals surface area (Å²) >= 11 is 0. The van der Waals surface area contributed by atoms with Crippen molar-refractivity contribution in [3.8, 4) is 11.8 Å². The lowest BCUT2D eigenvalue weighted by atomic mass is 9.96. The van der Waals surface area contributed by atoms with Crippen LogP contribution in [-0.4, -0.2) is 7.11 Å². The molecule has 1 aromatic rings. The highest BCUT2D eigenvalue weighted by Gasteiger charge is 2.48. The second-order valence-corrected chi connectivity index (χ2v) is 3.51. The van der Waals surface area contributed by atoms with Crippen LogP contribution in [0.25, 0.3) is 0 Å². The second kappa shape index (κ2) is 2.98. The average Bonchev–Trinajstić information content (AvgIpc) is 2.98. The summed E-state index contributed by atoms with van der Waals surface area (Å²) in [6, 6.07) is 6.81. The minimum atomic E-state index is -0.628. The van der Waals surface area contributed by atoms with E-state index in [1.54, 1.807) is 12.1 Å². The molecule has 0 bridgehead atoms. The van der Waals surface area contributed by atoms with Crippen molar-refractivity contribution < 1.29 is 9.13 Å². The lowest BCUT2D eigenvalue weighted by Crippen LogP contribution is -2.08. The second-order valence-electron chi connectivity index (χ2n) is 3.51. The fraction of sp³-hybridized carbons (Fsp3) is 0.364. The highest BCUT2D eigenvalue weighted by Crippen LogP contribution is 2.51. The van der Waals surface area contributed by atoms with Gasteiger partial charge in [0.15, 0.2) is 0 Å². The van der Waals surface area contributed by atoms with E-state index < -0.39 is 5.41 Å². The first-order valence-electron chi connectivity index (χ1n) is 4.48. The Kier molecular flexibility index (Phi) is 1.92. The summed E-state index contributed by atoms with van der Waals surface area (Å²) in [5.74, 6) is 0.132. The van der Waals surface area contributed by atoms with Gasteiger partial charge in [-0.05, 0) is 25.0 Å². The molecule has 1 aliphatic carbocycles. The SMILES string of the molecule is COc1cccc(F)c1C1(C#N)CC1. The molecular weight excluding hydrogens is 181 g/mol. The Labute approximate surface area is 81.9 Å². The molecule has 0 amide bonds. The zero-order chi connectivity index (χ0) is 10.2. The minimum absolute atomic E-state index is 0.344. The molecule has 3 heteroatoms. The standard InChI is InChI=1S/C11H10FNO/c1-14-9-4-2-3-8(12)10(9)11(7-13)5-6-11/h2-4H,5-6H2,1H3. The first kappa shape index (κ1) is 9.01. The number of ether oxygens (including phenoxy) is 1. The highest BCUT2D eigenvalue weighted by atomic mass is 19.1. The number of methoxy groups -OCH3 is 1. The van der Waals surface area contributed by atoms with Gasteiger partial charge < -0.3 is 4.74 Å². The van der Waals surface area contributed by atoms with E-state index in [0.717, 1.165) is 12.8 Å². The van der Waals surface area contributed by atoms with E-state index >= 15 is 0 Å². The van der Waals surface area contributed by atoms with Gasteiger partial charge in [-0.15, -0.1) is 0 Å². The zero-order valence-corrected chi connectivity index (χ0v) is 7.88. The molecule has 0 aromatic heterocycles. The molecule has 1 fully saturated rings. The Bertz CT molecular complexity index is 404. The van der Waals surface area contributed by atoms with Crippen molar-refractivity contribution in [2.45, 2.75) is 18.3 Å². The third-order valence-corrected chi connectivity index (χ3v) is 2.64. The van der Waals surface area contributed by atoms with Gasteiger partial charge in [-0.1, -0.05) is 6.07 Å². The topological polar surface area (TPSA) is 33.0 Å².